The first-order valence-corrected chi connectivity index (χ1v) is 3.74. The summed E-state index contributed by atoms with van der Waals surface area (Å²) >= 11 is 0. The lowest BCUT2D eigenvalue weighted by molar-refractivity contribution is 0.116. The molecule has 2 atom stereocenters. The van der Waals surface area contributed by atoms with Crippen LogP contribution in [-0.4, -0.2) is 19.5 Å². The van der Waals surface area contributed by atoms with Crippen molar-refractivity contribution in [1.29, 1.82) is 0 Å². The predicted molar refractivity (Wildman–Crippen MR) is 36.1 cm³/mol. The highest BCUT2D eigenvalue weighted by molar-refractivity contribution is 4.89. The highest BCUT2D eigenvalue weighted by atomic mass is 19.3. The zero-order valence-electron chi connectivity index (χ0n) is 6.11. The van der Waals surface area contributed by atoms with E-state index in [1.54, 1.807) is 0 Å². The van der Waals surface area contributed by atoms with E-state index in [1.807, 2.05) is 6.92 Å². The van der Waals surface area contributed by atoms with E-state index in [9.17, 15) is 8.78 Å². The van der Waals surface area contributed by atoms with Gasteiger partial charge in [-0.2, -0.15) is 0 Å². The number of rotatable bonds is 4. The lowest BCUT2D eigenvalue weighted by Crippen LogP contribution is -2.17. The molecule has 0 radical (unpaired) electrons. The topological polar surface area (TPSA) is 12.0 Å². The average Bonchev–Trinajstić information content (AvgIpc) is 2.62. The second kappa shape index (κ2) is 3.28. The van der Waals surface area contributed by atoms with Crippen LogP contribution in [0.1, 0.15) is 13.3 Å². The number of hydrogen-bond donors (Lipinski definition) is 1. The summed E-state index contributed by atoms with van der Waals surface area (Å²) in [6.45, 7) is 3.64. The van der Waals surface area contributed by atoms with Crippen LogP contribution in [0.4, 0.5) is 8.78 Å². The lowest BCUT2D eigenvalue weighted by atomic mass is 10.3. The fraction of sp³-hybridized carbons (Fsp3) is 1.00. The Bertz CT molecular complexity index is 106. The molecule has 1 aliphatic carbocycles. The molecule has 60 valence electrons. The smallest absolute Gasteiger partial charge is 0.241 e. The largest absolute Gasteiger partial charge is 0.317 e. The molecule has 1 nitrogen and oxygen atoms in total. The molecule has 10 heavy (non-hydrogen) atoms. The van der Waals surface area contributed by atoms with Gasteiger partial charge in [0, 0.05) is 5.92 Å². The molecule has 1 fully saturated rings. The van der Waals surface area contributed by atoms with Crippen LogP contribution in [0.15, 0.2) is 0 Å². The zero-order valence-corrected chi connectivity index (χ0v) is 6.11. The van der Waals surface area contributed by atoms with Gasteiger partial charge in [-0.05, 0) is 25.4 Å². The van der Waals surface area contributed by atoms with Gasteiger partial charge in [0.05, 0.1) is 0 Å². The summed E-state index contributed by atoms with van der Waals surface area (Å²) < 4.78 is 23.7. The second-order valence-electron chi connectivity index (χ2n) is 2.80. The Hall–Kier alpha value is -0.180. The zero-order chi connectivity index (χ0) is 7.56. The summed E-state index contributed by atoms with van der Waals surface area (Å²) in [5.41, 5.74) is 0. The molecule has 1 saturated carbocycles. The Morgan fingerprint density at radius 1 is 1.60 bits per heavy atom. The molecule has 0 aromatic heterocycles. The van der Waals surface area contributed by atoms with Crippen LogP contribution < -0.4 is 5.32 Å². The molecular formula is C7H13F2N. The van der Waals surface area contributed by atoms with Crippen LogP contribution in [0, 0.1) is 11.8 Å². The summed E-state index contributed by atoms with van der Waals surface area (Å²) in [6, 6.07) is 0. The van der Waals surface area contributed by atoms with E-state index in [2.05, 4.69) is 5.32 Å². The van der Waals surface area contributed by atoms with E-state index < -0.39 is 6.43 Å². The summed E-state index contributed by atoms with van der Waals surface area (Å²) in [5, 5.41) is 3.06. The predicted octanol–water partition coefficient (Wildman–Crippen LogP) is 1.50. The average molecular weight is 149 g/mol. The normalized spacial score (nSPS) is 31.2. The highest BCUT2D eigenvalue weighted by Crippen LogP contribution is 2.42. The van der Waals surface area contributed by atoms with E-state index in [0.29, 0.717) is 6.42 Å². The quantitative estimate of drug-likeness (QED) is 0.638. The Morgan fingerprint density at radius 2 is 2.30 bits per heavy atom. The lowest BCUT2D eigenvalue weighted by Gasteiger charge is -1.98. The van der Waals surface area contributed by atoms with Crippen LogP contribution in [0.5, 0.6) is 0 Å². The van der Waals surface area contributed by atoms with E-state index in [-0.39, 0.29) is 11.8 Å². The molecule has 2 unspecified atom stereocenters. The van der Waals surface area contributed by atoms with Gasteiger partial charge in [-0.3, -0.25) is 0 Å². The molecule has 0 spiro atoms. The van der Waals surface area contributed by atoms with Crippen LogP contribution in [0.25, 0.3) is 0 Å². The van der Waals surface area contributed by atoms with Gasteiger partial charge in [0.25, 0.3) is 0 Å². The van der Waals surface area contributed by atoms with Gasteiger partial charge in [-0.1, -0.05) is 6.92 Å². The molecule has 1 N–H and O–H groups in total. The number of halogens is 2. The number of nitrogens with one attached hydrogen (secondary N) is 1. The molecule has 0 aromatic carbocycles. The minimum atomic E-state index is -2.09. The number of hydrogen-bond acceptors (Lipinski definition) is 1. The van der Waals surface area contributed by atoms with E-state index >= 15 is 0 Å². The minimum absolute atomic E-state index is 0.250. The van der Waals surface area contributed by atoms with Gasteiger partial charge >= 0.3 is 0 Å². The van der Waals surface area contributed by atoms with Crippen LogP contribution >= 0.6 is 0 Å². The van der Waals surface area contributed by atoms with Crippen LogP contribution in [-0.2, 0) is 0 Å². The summed E-state index contributed by atoms with van der Waals surface area (Å²) in [7, 11) is 0. The maximum Gasteiger partial charge on any atom is 0.241 e. The van der Waals surface area contributed by atoms with Crippen molar-refractivity contribution in [3.63, 3.8) is 0 Å². The molecule has 0 amide bonds. The van der Waals surface area contributed by atoms with Crippen molar-refractivity contribution < 1.29 is 8.78 Å². The van der Waals surface area contributed by atoms with Crippen molar-refractivity contribution in [3.05, 3.63) is 0 Å². The first-order chi connectivity index (χ1) is 4.75. The first kappa shape index (κ1) is 7.92. The van der Waals surface area contributed by atoms with Gasteiger partial charge in [-0.25, -0.2) is 8.78 Å². The minimum Gasteiger partial charge on any atom is -0.317 e. The van der Waals surface area contributed by atoms with Crippen molar-refractivity contribution in [2.75, 3.05) is 13.1 Å². The van der Waals surface area contributed by atoms with Crippen molar-refractivity contribution in [2.45, 2.75) is 19.8 Å². The maximum absolute atomic E-state index is 11.9. The van der Waals surface area contributed by atoms with Crippen molar-refractivity contribution in [3.8, 4) is 0 Å². The Kier molecular flexibility index (Phi) is 2.60. The monoisotopic (exact) mass is 149 g/mol. The Balaban J connectivity index is 2.02. The van der Waals surface area contributed by atoms with Gasteiger partial charge in [0.1, 0.15) is 0 Å². The fourth-order valence-corrected chi connectivity index (χ4v) is 1.14. The molecule has 0 saturated heterocycles. The van der Waals surface area contributed by atoms with Gasteiger partial charge in [0.15, 0.2) is 0 Å². The molecule has 0 bridgehead atoms. The van der Waals surface area contributed by atoms with Gasteiger partial charge in [0.2, 0.25) is 6.43 Å². The van der Waals surface area contributed by atoms with Crippen molar-refractivity contribution in [2.24, 2.45) is 11.8 Å². The van der Waals surface area contributed by atoms with Crippen LogP contribution in [0.3, 0.4) is 0 Å². The van der Waals surface area contributed by atoms with Crippen molar-refractivity contribution >= 4 is 0 Å². The Morgan fingerprint density at radius 3 is 2.70 bits per heavy atom. The summed E-state index contributed by atoms with van der Waals surface area (Å²) in [6.07, 6.45) is -1.38. The van der Waals surface area contributed by atoms with E-state index in [0.717, 1.165) is 13.1 Å². The fourth-order valence-electron chi connectivity index (χ4n) is 1.14. The molecule has 0 aromatic rings. The molecule has 1 rings (SSSR count). The molecule has 0 aliphatic heterocycles. The highest BCUT2D eigenvalue weighted by Gasteiger charge is 2.43. The van der Waals surface area contributed by atoms with Gasteiger partial charge < -0.3 is 5.32 Å². The Labute approximate surface area is 59.8 Å². The van der Waals surface area contributed by atoms with Crippen LogP contribution in [0.2, 0.25) is 0 Å². The van der Waals surface area contributed by atoms with E-state index in [4.69, 9.17) is 0 Å². The van der Waals surface area contributed by atoms with Crippen molar-refractivity contribution in [1.82, 2.24) is 5.32 Å². The third-order valence-electron chi connectivity index (χ3n) is 1.96. The third-order valence-corrected chi connectivity index (χ3v) is 1.96. The third kappa shape index (κ3) is 1.90. The number of alkyl halides is 2. The summed E-state index contributed by atoms with van der Waals surface area (Å²) in [4.78, 5) is 0. The van der Waals surface area contributed by atoms with E-state index in [1.165, 1.54) is 0 Å². The molecular weight excluding hydrogens is 136 g/mol. The standard InChI is InChI=1S/C7H13F2N/c1-2-10-4-5-3-6(5)7(8)9/h5-7,10H,2-4H2,1H3. The summed E-state index contributed by atoms with van der Waals surface area (Å²) in [5.74, 6) is -0.0565. The second-order valence-corrected chi connectivity index (χ2v) is 2.80. The SMILES string of the molecule is CCNCC1CC1C(F)F. The van der Waals surface area contributed by atoms with Gasteiger partial charge in [-0.15, -0.1) is 0 Å². The first-order valence-electron chi connectivity index (χ1n) is 3.74. The maximum atomic E-state index is 11.9. The molecule has 3 heteroatoms. The molecule has 0 heterocycles. The molecule has 1 aliphatic rings.